The molecule has 9 nitrogen and oxygen atoms in total. The molecule has 0 fully saturated rings. The molecular formula is C23H24ClN5O4S. The van der Waals surface area contributed by atoms with Crippen molar-refractivity contribution in [2.75, 3.05) is 26.0 Å². The number of benzene rings is 2. The highest BCUT2D eigenvalue weighted by molar-refractivity contribution is 7.90. The van der Waals surface area contributed by atoms with E-state index in [1.165, 1.54) is 29.7 Å². The normalized spacial score (nSPS) is 11.4. The molecule has 1 N–H and O–H groups in total. The van der Waals surface area contributed by atoms with Gasteiger partial charge in [0.1, 0.15) is 6.34 Å². The van der Waals surface area contributed by atoms with Gasteiger partial charge in [-0.25, -0.2) is 9.97 Å². The zero-order valence-corrected chi connectivity index (χ0v) is 20.5. The zero-order chi connectivity index (χ0) is 24.7. The first kappa shape index (κ1) is 25.1. The number of carbonyl (C=O) groups excluding carboxylic acids is 1. The van der Waals surface area contributed by atoms with Crippen molar-refractivity contribution < 1.29 is 17.9 Å². The second-order valence-corrected chi connectivity index (χ2v) is 9.38. The molecule has 1 aromatic heterocycles. The fourth-order valence-corrected chi connectivity index (χ4v) is 4.31. The van der Waals surface area contributed by atoms with E-state index in [0.717, 1.165) is 0 Å². The first-order valence-corrected chi connectivity index (χ1v) is 12.1. The van der Waals surface area contributed by atoms with Crippen molar-refractivity contribution in [3.63, 3.8) is 0 Å². The van der Waals surface area contributed by atoms with E-state index in [-0.39, 0.29) is 23.2 Å². The van der Waals surface area contributed by atoms with Crippen LogP contribution in [0.5, 0.6) is 6.01 Å². The lowest BCUT2D eigenvalue weighted by Crippen LogP contribution is -2.15. The Morgan fingerprint density at radius 1 is 1.18 bits per heavy atom. The molecule has 0 aliphatic carbocycles. The van der Waals surface area contributed by atoms with Crippen molar-refractivity contribution in [2.24, 2.45) is 4.40 Å². The molecule has 0 atom stereocenters. The summed E-state index contributed by atoms with van der Waals surface area (Å²) in [4.78, 5) is 22.2. The van der Waals surface area contributed by atoms with Gasteiger partial charge in [-0.2, -0.15) is 8.42 Å². The van der Waals surface area contributed by atoms with Gasteiger partial charge in [-0.3, -0.25) is 4.79 Å². The lowest BCUT2D eigenvalue weighted by atomic mass is 10.1. The lowest BCUT2D eigenvalue weighted by Gasteiger charge is -2.12. The van der Waals surface area contributed by atoms with Crippen LogP contribution in [0.25, 0.3) is 11.1 Å². The van der Waals surface area contributed by atoms with Crippen molar-refractivity contribution >= 4 is 39.6 Å². The largest absolute Gasteiger partial charge is 0.464 e. The molecule has 0 saturated carbocycles. The Morgan fingerprint density at radius 2 is 1.88 bits per heavy atom. The minimum atomic E-state index is -4.11. The van der Waals surface area contributed by atoms with Crippen LogP contribution < -0.4 is 10.1 Å². The van der Waals surface area contributed by atoms with Crippen LogP contribution in [0.4, 0.5) is 5.69 Å². The molecule has 0 spiro atoms. The number of ether oxygens (including phenoxy) is 1. The maximum absolute atomic E-state index is 13.1. The Bertz CT molecular complexity index is 1290. The van der Waals surface area contributed by atoms with Gasteiger partial charge in [0, 0.05) is 48.3 Å². The number of sulfonamides is 1. The summed E-state index contributed by atoms with van der Waals surface area (Å²) >= 11 is 6.14. The first-order valence-electron chi connectivity index (χ1n) is 10.3. The number of carbonyl (C=O) groups is 1. The maximum Gasteiger partial charge on any atom is 0.316 e. The summed E-state index contributed by atoms with van der Waals surface area (Å²) in [6.45, 7) is 2.21. The third-order valence-electron chi connectivity index (χ3n) is 4.48. The summed E-state index contributed by atoms with van der Waals surface area (Å²) in [5.41, 5.74) is 1.75. The van der Waals surface area contributed by atoms with Crippen LogP contribution in [-0.4, -0.2) is 56.2 Å². The number of aromatic nitrogens is 2. The Kier molecular flexibility index (Phi) is 8.19. The lowest BCUT2D eigenvalue weighted by molar-refractivity contribution is -0.115. The summed E-state index contributed by atoms with van der Waals surface area (Å²) in [6, 6.07) is 11.7. The molecule has 0 aliphatic rings. The molecule has 3 rings (SSSR count). The van der Waals surface area contributed by atoms with E-state index in [1.807, 2.05) is 6.92 Å². The smallest absolute Gasteiger partial charge is 0.316 e. The van der Waals surface area contributed by atoms with Gasteiger partial charge < -0.3 is 15.0 Å². The van der Waals surface area contributed by atoms with E-state index in [0.29, 0.717) is 34.0 Å². The topological polar surface area (TPSA) is 114 Å². The van der Waals surface area contributed by atoms with E-state index < -0.39 is 10.0 Å². The summed E-state index contributed by atoms with van der Waals surface area (Å²) in [5, 5.41) is 3.20. The second kappa shape index (κ2) is 11.1. The van der Waals surface area contributed by atoms with Crippen molar-refractivity contribution in [2.45, 2.75) is 18.2 Å². The van der Waals surface area contributed by atoms with E-state index in [4.69, 9.17) is 16.3 Å². The second-order valence-electron chi connectivity index (χ2n) is 7.37. The van der Waals surface area contributed by atoms with Crippen molar-refractivity contribution in [3.8, 4) is 17.1 Å². The highest BCUT2D eigenvalue weighted by atomic mass is 35.5. The van der Waals surface area contributed by atoms with Gasteiger partial charge >= 0.3 is 6.01 Å². The van der Waals surface area contributed by atoms with E-state index >= 15 is 0 Å². The average molecular weight is 502 g/mol. The van der Waals surface area contributed by atoms with Gasteiger partial charge in [0.05, 0.1) is 17.9 Å². The van der Waals surface area contributed by atoms with Crippen LogP contribution in [0, 0.1) is 0 Å². The van der Waals surface area contributed by atoms with Crippen molar-refractivity contribution in [1.29, 1.82) is 0 Å². The van der Waals surface area contributed by atoms with Gasteiger partial charge in [-0.05, 0) is 30.7 Å². The SMILES string of the molecule is CCOc1ncc(-c2ccc(NC(=O)Cc3ccccc3Cl)cc2S(=O)(=O)N=CN(C)C)cn1. The predicted octanol–water partition coefficient (Wildman–Crippen LogP) is 3.66. The fourth-order valence-electron chi connectivity index (χ4n) is 2.94. The van der Waals surface area contributed by atoms with E-state index in [1.54, 1.807) is 50.5 Å². The predicted molar refractivity (Wildman–Crippen MR) is 132 cm³/mol. The number of anilines is 1. The van der Waals surface area contributed by atoms with Gasteiger partial charge in [-0.1, -0.05) is 35.9 Å². The molecule has 11 heteroatoms. The number of hydrogen-bond donors (Lipinski definition) is 1. The number of hydrogen-bond acceptors (Lipinski definition) is 6. The number of amides is 1. The molecule has 1 heterocycles. The standard InChI is InChI=1S/C23H24ClN5O4S/c1-4-33-23-25-13-17(14-26-23)19-10-9-18(12-21(19)34(31,32)27-15-29(2)3)28-22(30)11-16-7-5-6-8-20(16)24/h5-10,12-15H,4,11H2,1-3H3,(H,28,30). The Balaban J connectivity index is 1.97. The monoisotopic (exact) mass is 501 g/mol. The quantitative estimate of drug-likeness (QED) is 0.351. The number of nitrogens with zero attached hydrogens (tertiary/aromatic N) is 4. The van der Waals surface area contributed by atoms with Gasteiger partial charge in [-0.15, -0.1) is 4.40 Å². The molecule has 0 saturated heterocycles. The first-order chi connectivity index (χ1) is 16.2. The van der Waals surface area contributed by atoms with Crippen LogP contribution in [0.15, 0.2) is 64.2 Å². The Hall–Kier alpha value is -3.50. The molecule has 1 amide bonds. The molecule has 34 heavy (non-hydrogen) atoms. The molecule has 0 radical (unpaired) electrons. The molecular weight excluding hydrogens is 478 g/mol. The Labute approximate surface area is 203 Å². The molecule has 0 bridgehead atoms. The Morgan fingerprint density at radius 3 is 2.53 bits per heavy atom. The van der Waals surface area contributed by atoms with Crippen LogP contribution in [-0.2, 0) is 21.2 Å². The highest BCUT2D eigenvalue weighted by Crippen LogP contribution is 2.31. The zero-order valence-electron chi connectivity index (χ0n) is 18.9. The average Bonchev–Trinajstić information content (AvgIpc) is 2.80. The summed E-state index contributed by atoms with van der Waals surface area (Å²) < 4.78 is 35.1. The number of rotatable bonds is 9. The molecule has 178 valence electrons. The number of halogens is 1. The summed E-state index contributed by atoms with van der Waals surface area (Å²) in [7, 11) is -0.793. The van der Waals surface area contributed by atoms with Crippen LogP contribution in [0.2, 0.25) is 5.02 Å². The molecule has 3 aromatic rings. The van der Waals surface area contributed by atoms with Gasteiger partial charge in [0.25, 0.3) is 10.0 Å². The van der Waals surface area contributed by atoms with E-state index in [9.17, 15) is 13.2 Å². The highest BCUT2D eigenvalue weighted by Gasteiger charge is 2.21. The van der Waals surface area contributed by atoms with Crippen molar-refractivity contribution in [1.82, 2.24) is 14.9 Å². The third kappa shape index (κ3) is 6.52. The van der Waals surface area contributed by atoms with E-state index in [2.05, 4.69) is 19.7 Å². The molecule has 2 aromatic carbocycles. The van der Waals surface area contributed by atoms with Crippen LogP contribution in [0.3, 0.4) is 0 Å². The molecule has 0 unspecified atom stereocenters. The van der Waals surface area contributed by atoms with Crippen LogP contribution >= 0.6 is 11.6 Å². The number of nitrogens with one attached hydrogen (secondary N) is 1. The minimum Gasteiger partial charge on any atom is -0.464 e. The van der Waals surface area contributed by atoms with Crippen molar-refractivity contribution in [3.05, 3.63) is 65.4 Å². The van der Waals surface area contributed by atoms with Gasteiger partial charge in [0.15, 0.2) is 0 Å². The summed E-state index contributed by atoms with van der Waals surface area (Å²) in [5.74, 6) is -0.342. The molecule has 0 aliphatic heterocycles. The minimum absolute atomic E-state index is 0.0367. The fraction of sp³-hybridized carbons (Fsp3) is 0.217. The van der Waals surface area contributed by atoms with Gasteiger partial charge in [0.2, 0.25) is 5.91 Å². The summed E-state index contributed by atoms with van der Waals surface area (Å²) in [6.07, 6.45) is 4.17. The van der Waals surface area contributed by atoms with Crippen LogP contribution in [0.1, 0.15) is 12.5 Å². The third-order valence-corrected chi connectivity index (χ3v) is 6.12. The maximum atomic E-state index is 13.1.